The third-order valence-corrected chi connectivity index (χ3v) is 6.67. The molecular formula is C23H32N3O3S+. The summed E-state index contributed by atoms with van der Waals surface area (Å²) in [4.78, 5) is 42.9. The average molecular weight is 431 g/mol. The minimum Gasteiger partial charge on any atom is -0.330 e. The molecule has 0 saturated carbocycles. The molecule has 0 unspecified atom stereocenters. The highest BCUT2D eigenvalue weighted by molar-refractivity contribution is 8.04. The van der Waals surface area contributed by atoms with Crippen LogP contribution < -0.4 is 4.90 Å². The molecule has 0 bridgehead atoms. The second-order valence-electron chi connectivity index (χ2n) is 9.06. The van der Waals surface area contributed by atoms with Gasteiger partial charge in [-0.1, -0.05) is 62.9 Å². The van der Waals surface area contributed by atoms with E-state index in [9.17, 15) is 14.4 Å². The first kappa shape index (κ1) is 22.6. The Morgan fingerprint density at radius 2 is 1.80 bits per heavy atom. The van der Waals surface area contributed by atoms with Gasteiger partial charge in [0.2, 0.25) is 11.8 Å². The average Bonchev–Trinajstić information content (AvgIpc) is 3.07. The topological polar surface area (TPSA) is 62.1 Å². The van der Waals surface area contributed by atoms with E-state index in [1.807, 2.05) is 31.7 Å². The Kier molecular flexibility index (Phi) is 7.03. The molecule has 1 aromatic carbocycles. The third kappa shape index (κ3) is 5.32. The number of quaternary nitrogens is 1. The van der Waals surface area contributed by atoms with Crippen LogP contribution >= 0.6 is 11.8 Å². The summed E-state index contributed by atoms with van der Waals surface area (Å²) in [5.74, 6) is 0.0823. The van der Waals surface area contributed by atoms with Crippen molar-refractivity contribution in [3.05, 3.63) is 47.0 Å². The second-order valence-corrected chi connectivity index (χ2v) is 10.1. The number of carbonyl (C=O) groups excluding carboxylic acids is 3. The van der Waals surface area contributed by atoms with Gasteiger partial charge in [-0.15, -0.1) is 0 Å². The maximum absolute atomic E-state index is 13.1. The van der Waals surface area contributed by atoms with E-state index >= 15 is 0 Å². The molecule has 1 aromatic rings. The summed E-state index contributed by atoms with van der Waals surface area (Å²) in [5, 5.41) is 0.592. The fourth-order valence-electron chi connectivity index (χ4n) is 3.72. The minimum atomic E-state index is -0.595. The van der Waals surface area contributed by atoms with E-state index in [0.29, 0.717) is 18.1 Å². The summed E-state index contributed by atoms with van der Waals surface area (Å²) in [6.45, 7) is 11.4. The van der Waals surface area contributed by atoms with Crippen LogP contribution in [0, 0.1) is 5.41 Å². The molecule has 0 aromatic heterocycles. The molecule has 2 amide bonds. The number of ketones is 1. The van der Waals surface area contributed by atoms with Gasteiger partial charge < -0.3 is 9.80 Å². The molecule has 6 nitrogen and oxygen atoms in total. The smallest absolute Gasteiger partial charge is 0.245 e. The highest BCUT2D eigenvalue weighted by Gasteiger charge is 2.38. The number of nitrogens with zero attached hydrogens (tertiary/aromatic N) is 2. The Morgan fingerprint density at radius 3 is 2.40 bits per heavy atom. The number of benzene rings is 1. The van der Waals surface area contributed by atoms with Crippen LogP contribution in [0.5, 0.6) is 0 Å². The molecule has 3 rings (SSSR count). The van der Waals surface area contributed by atoms with Gasteiger partial charge >= 0.3 is 0 Å². The van der Waals surface area contributed by atoms with Gasteiger partial charge in [-0.3, -0.25) is 19.3 Å². The zero-order valence-electron chi connectivity index (χ0n) is 18.3. The molecular weight excluding hydrogens is 398 g/mol. The molecule has 1 N–H and O–H groups in total. The van der Waals surface area contributed by atoms with Crippen molar-refractivity contribution in [2.45, 2.75) is 40.3 Å². The van der Waals surface area contributed by atoms with Gasteiger partial charge in [0.25, 0.3) is 0 Å². The lowest BCUT2D eigenvalue weighted by atomic mass is 9.91. The Morgan fingerprint density at radius 1 is 1.17 bits per heavy atom. The van der Waals surface area contributed by atoms with Crippen LogP contribution in [0.4, 0.5) is 0 Å². The minimum absolute atomic E-state index is 0.0394. The molecule has 2 heterocycles. The monoisotopic (exact) mass is 430 g/mol. The Hall–Kier alpha value is -2.12. The second kappa shape index (κ2) is 9.35. The Balaban J connectivity index is 1.61. The van der Waals surface area contributed by atoms with E-state index in [-0.39, 0.29) is 23.4 Å². The molecule has 1 atom stereocenters. The zero-order valence-corrected chi connectivity index (χ0v) is 19.1. The van der Waals surface area contributed by atoms with E-state index < -0.39 is 11.5 Å². The van der Waals surface area contributed by atoms with Gasteiger partial charge in [0, 0.05) is 17.1 Å². The van der Waals surface area contributed by atoms with Gasteiger partial charge in [0.15, 0.2) is 5.78 Å². The number of hydrogen-bond acceptors (Lipinski definition) is 4. The first-order chi connectivity index (χ1) is 14.2. The van der Waals surface area contributed by atoms with Gasteiger partial charge in [0.05, 0.1) is 37.0 Å². The van der Waals surface area contributed by atoms with E-state index in [4.69, 9.17) is 0 Å². The number of allylic oxidation sites excluding steroid dienone is 1. The number of nitrogens with one attached hydrogen (secondary N) is 1. The fourth-order valence-corrected chi connectivity index (χ4v) is 4.72. The van der Waals surface area contributed by atoms with E-state index in [1.54, 1.807) is 6.92 Å². The predicted molar refractivity (Wildman–Crippen MR) is 119 cm³/mol. The molecule has 2 aliphatic rings. The van der Waals surface area contributed by atoms with Crippen molar-refractivity contribution in [1.29, 1.82) is 0 Å². The molecule has 2 saturated heterocycles. The van der Waals surface area contributed by atoms with Gasteiger partial charge in [0.1, 0.15) is 12.6 Å². The van der Waals surface area contributed by atoms with Gasteiger partial charge in [-0.25, -0.2) is 0 Å². The zero-order chi connectivity index (χ0) is 21.9. The first-order valence-electron chi connectivity index (χ1n) is 10.5. The van der Waals surface area contributed by atoms with Crippen molar-refractivity contribution in [2.75, 3.05) is 31.9 Å². The van der Waals surface area contributed by atoms with Crippen molar-refractivity contribution < 1.29 is 19.3 Å². The number of carbonyl (C=O) groups is 3. The number of thioether (sulfide) groups is 1. The fraction of sp³-hybridized carbons (Fsp3) is 0.522. The van der Waals surface area contributed by atoms with E-state index in [2.05, 4.69) is 24.3 Å². The molecule has 0 radical (unpaired) electrons. The lowest BCUT2D eigenvalue weighted by molar-refractivity contribution is -0.917. The van der Waals surface area contributed by atoms with E-state index in [1.165, 1.54) is 33.2 Å². The van der Waals surface area contributed by atoms with Crippen LogP contribution in [0.1, 0.15) is 33.3 Å². The molecule has 30 heavy (non-hydrogen) atoms. The van der Waals surface area contributed by atoms with Crippen LogP contribution in [0.2, 0.25) is 0 Å². The third-order valence-electron chi connectivity index (χ3n) is 5.67. The number of hydrogen-bond donors (Lipinski definition) is 1. The van der Waals surface area contributed by atoms with Crippen LogP contribution in [0.25, 0.3) is 0 Å². The summed E-state index contributed by atoms with van der Waals surface area (Å²) in [5.41, 5.74) is 0.786. The van der Waals surface area contributed by atoms with Crippen molar-refractivity contribution in [3.63, 3.8) is 0 Å². The van der Waals surface area contributed by atoms with E-state index in [0.717, 1.165) is 19.6 Å². The summed E-state index contributed by atoms with van der Waals surface area (Å²) >= 11 is 1.34. The lowest BCUT2D eigenvalue weighted by Crippen LogP contribution is -3.13. The maximum atomic E-state index is 13.1. The number of rotatable bonds is 5. The summed E-state index contributed by atoms with van der Waals surface area (Å²) in [6, 6.07) is 9.80. The van der Waals surface area contributed by atoms with Gasteiger partial charge in [-0.2, -0.15) is 0 Å². The SMILES string of the molecule is C[C@H](C(=O)N1CC[NH+](Cc2ccccc2)CC1)N1C(=O)CS/C1=C\C(=O)C(C)(C)C. The summed E-state index contributed by atoms with van der Waals surface area (Å²) in [6.07, 6.45) is 1.53. The number of amides is 2. The van der Waals surface area contributed by atoms with Crippen LogP contribution in [0.15, 0.2) is 41.4 Å². The standard InChI is InChI=1S/C23H31N3O3S/c1-17(26-20(28)16-30-21(26)14-19(27)23(2,3)4)22(29)25-12-10-24(11-13-25)15-18-8-6-5-7-9-18/h5-9,14,17H,10-13,15-16H2,1-4H3/p+1/b21-14-/t17-/m1/s1. The van der Waals surface area contributed by atoms with Gasteiger partial charge in [-0.05, 0) is 6.92 Å². The molecule has 7 heteroatoms. The van der Waals surface area contributed by atoms with Crippen molar-refractivity contribution in [3.8, 4) is 0 Å². The predicted octanol–water partition coefficient (Wildman–Crippen LogP) is 1.33. The summed E-state index contributed by atoms with van der Waals surface area (Å²) in [7, 11) is 0. The molecule has 0 spiro atoms. The highest BCUT2D eigenvalue weighted by Crippen LogP contribution is 2.32. The first-order valence-corrected chi connectivity index (χ1v) is 11.5. The molecule has 162 valence electrons. The van der Waals surface area contributed by atoms with Crippen molar-refractivity contribution >= 4 is 29.4 Å². The summed E-state index contributed by atoms with van der Waals surface area (Å²) < 4.78 is 0. The van der Waals surface area contributed by atoms with Crippen LogP contribution in [-0.4, -0.2) is 65.4 Å². The van der Waals surface area contributed by atoms with Crippen molar-refractivity contribution in [2.24, 2.45) is 5.41 Å². The van der Waals surface area contributed by atoms with Crippen LogP contribution in [-0.2, 0) is 20.9 Å². The molecule has 0 aliphatic carbocycles. The molecule has 2 aliphatic heterocycles. The molecule has 2 fully saturated rings. The van der Waals surface area contributed by atoms with Crippen LogP contribution in [0.3, 0.4) is 0 Å². The Bertz CT molecular complexity index is 824. The Labute approximate surface area is 183 Å². The maximum Gasteiger partial charge on any atom is 0.245 e. The number of piperazine rings is 1. The normalized spacial score (nSPS) is 20.7. The highest BCUT2D eigenvalue weighted by atomic mass is 32.2. The van der Waals surface area contributed by atoms with Crippen molar-refractivity contribution in [1.82, 2.24) is 9.80 Å². The largest absolute Gasteiger partial charge is 0.330 e. The quantitative estimate of drug-likeness (QED) is 0.716. The lowest BCUT2D eigenvalue weighted by Gasteiger charge is -2.35.